The van der Waals surface area contributed by atoms with Gasteiger partial charge in [0, 0.05) is 5.92 Å². The molecule has 0 bridgehead atoms. The Morgan fingerprint density at radius 1 is 1.03 bits per heavy atom. The van der Waals surface area contributed by atoms with Crippen LogP contribution in [0.2, 0.25) is 0 Å². The molecule has 6 heteroatoms. The first kappa shape index (κ1) is 21.3. The van der Waals surface area contributed by atoms with Crippen molar-refractivity contribution in [1.82, 2.24) is 5.01 Å². The van der Waals surface area contributed by atoms with Crippen molar-refractivity contribution in [2.24, 2.45) is 11.0 Å². The van der Waals surface area contributed by atoms with Gasteiger partial charge in [0.25, 0.3) is 5.91 Å². The minimum Gasteiger partial charge on any atom is -0.451 e. The maximum atomic E-state index is 13.2. The van der Waals surface area contributed by atoms with Gasteiger partial charge >= 0.3 is 5.97 Å². The summed E-state index contributed by atoms with van der Waals surface area (Å²) in [5, 5.41) is 8.18. The summed E-state index contributed by atoms with van der Waals surface area (Å²) in [4.78, 5) is 26.0. The summed E-state index contributed by atoms with van der Waals surface area (Å²) in [5.41, 5.74) is 4.31. The molecule has 1 amide bonds. The molecule has 0 radical (unpaired) electrons. The number of carbonyl (C=O) groups excluding carboxylic acids is 2. The highest BCUT2D eigenvalue weighted by atomic mass is 32.1. The van der Waals surface area contributed by atoms with Crippen LogP contribution in [0.3, 0.4) is 0 Å². The number of allylic oxidation sites excluding steroid dienone is 1. The normalized spacial score (nSPS) is 20.9. The number of hydrazone groups is 1. The zero-order chi connectivity index (χ0) is 22.6. The Labute approximate surface area is 197 Å². The highest BCUT2D eigenvalue weighted by molar-refractivity contribution is 7.11. The number of ether oxygens (including phenoxy) is 1. The SMILES string of the molecule is O=C(OCC(=O)N1N=C2/C(=C/c3ccccc3)CCCC2C1c1ccccc1)c1cccs1. The van der Waals surface area contributed by atoms with Crippen LogP contribution in [-0.4, -0.2) is 29.2 Å². The highest BCUT2D eigenvalue weighted by Crippen LogP contribution is 2.44. The Hall–Kier alpha value is -3.51. The van der Waals surface area contributed by atoms with Crippen molar-refractivity contribution in [3.8, 4) is 0 Å². The van der Waals surface area contributed by atoms with Crippen molar-refractivity contribution >= 4 is 35.0 Å². The molecule has 2 unspecified atom stereocenters. The number of carbonyl (C=O) groups is 2. The molecule has 0 spiro atoms. The highest BCUT2D eigenvalue weighted by Gasteiger charge is 2.43. The van der Waals surface area contributed by atoms with Crippen LogP contribution in [0, 0.1) is 5.92 Å². The molecule has 1 fully saturated rings. The predicted octanol–water partition coefficient (Wildman–Crippen LogP) is 5.73. The number of thiophene rings is 1. The number of nitrogens with zero attached hydrogens (tertiary/aromatic N) is 2. The quantitative estimate of drug-likeness (QED) is 0.461. The summed E-state index contributed by atoms with van der Waals surface area (Å²) in [7, 11) is 0. The average Bonchev–Trinajstić information content (AvgIpc) is 3.53. The number of rotatable bonds is 5. The average molecular weight is 457 g/mol. The number of amides is 1. The van der Waals surface area contributed by atoms with Crippen LogP contribution in [0.5, 0.6) is 0 Å². The minimum atomic E-state index is -0.483. The Morgan fingerprint density at radius 3 is 2.52 bits per heavy atom. The fourth-order valence-electron chi connectivity index (χ4n) is 4.60. The molecule has 5 nitrogen and oxygen atoms in total. The number of hydrogen-bond acceptors (Lipinski definition) is 5. The van der Waals surface area contributed by atoms with Crippen molar-refractivity contribution in [2.75, 3.05) is 6.61 Å². The summed E-state index contributed by atoms with van der Waals surface area (Å²) >= 11 is 1.30. The van der Waals surface area contributed by atoms with Gasteiger partial charge in [-0.05, 0) is 53.5 Å². The van der Waals surface area contributed by atoms with Gasteiger partial charge in [-0.2, -0.15) is 5.10 Å². The van der Waals surface area contributed by atoms with Crippen LogP contribution < -0.4 is 0 Å². The standard InChI is InChI=1S/C27H24N2O3S/c30-24(18-32-27(31)23-15-8-16-33-23)29-26(20-11-5-2-6-12-20)22-14-7-13-21(25(22)28-29)17-19-9-3-1-4-10-19/h1-6,8-12,15-17,22,26H,7,13-14,18H2/b21-17+. The number of esters is 1. The number of benzene rings is 2. The summed E-state index contributed by atoms with van der Waals surface area (Å²) in [5.74, 6) is -0.675. The van der Waals surface area contributed by atoms with E-state index in [1.165, 1.54) is 16.9 Å². The van der Waals surface area contributed by atoms with Gasteiger partial charge in [-0.3, -0.25) is 4.79 Å². The van der Waals surface area contributed by atoms with Crippen LogP contribution in [0.15, 0.2) is 88.9 Å². The second kappa shape index (κ2) is 9.55. The Balaban J connectivity index is 1.44. The fourth-order valence-corrected chi connectivity index (χ4v) is 5.22. The van der Waals surface area contributed by atoms with E-state index < -0.39 is 5.97 Å². The maximum Gasteiger partial charge on any atom is 0.348 e. The third kappa shape index (κ3) is 4.52. The molecule has 5 rings (SSSR count). The first-order valence-corrected chi connectivity index (χ1v) is 12.0. The van der Waals surface area contributed by atoms with Crippen LogP contribution >= 0.6 is 11.3 Å². The molecule has 2 aromatic carbocycles. The number of fused-ring (bicyclic) bond motifs is 1. The lowest BCUT2D eigenvalue weighted by Crippen LogP contribution is -2.34. The van der Waals surface area contributed by atoms with Gasteiger partial charge in [-0.1, -0.05) is 66.7 Å². The summed E-state index contributed by atoms with van der Waals surface area (Å²) < 4.78 is 5.32. The third-order valence-corrected chi connectivity index (χ3v) is 6.94. The van der Waals surface area contributed by atoms with Crippen LogP contribution in [0.25, 0.3) is 6.08 Å². The lowest BCUT2D eigenvalue weighted by molar-refractivity contribution is -0.137. The Bertz CT molecular complexity index is 1190. The smallest absolute Gasteiger partial charge is 0.348 e. The largest absolute Gasteiger partial charge is 0.451 e. The number of hydrogen-bond donors (Lipinski definition) is 0. The summed E-state index contributed by atoms with van der Waals surface area (Å²) in [6.07, 6.45) is 5.11. The zero-order valence-corrected chi connectivity index (χ0v) is 18.9. The molecule has 1 aliphatic carbocycles. The minimum absolute atomic E-state index is 0.119. The topological polar surface area (TPSA) is 59.0 Å². The van der Waals surface area contributed by atoms with E-state index in [2.05, 4.69) is 18.2 Å². The molecular formula is C27H24N2O3S. The molecule has 1 aromatic heterocycles. The van der Waals surface area contributed by atoms with E-state index in [-0.39, 0.29) is 24.5 Å². The molecule has 2 heterocycles. The van der Waals surface area contributed by atoms with Gasteiger partial charge in [0.1, 0.15) is 4.88 Å². The van der Waals surface area contributed by atoms with Gasteiger partial charge in [0.2, 0.25) is 0 Å². The van der Waals surface area contributed by atoms with Crippen LogP contribution in [0.4, 0.5) is 0 Å². The third-order valence-electron chi connectivity index (χ3n) is 6.09. The molecule has 2 aliphatic rings. The van der Waals surface area contributed by atoms with Crippen molar-refractivity contribution < 1.29 is 14.3 Å². The van der Waals surface area contributed by atoms with E-state index in [0.717, 1.165) is 36.1 Å². The van der Waals surface area contributed by atoms with Gasteiger partial charge in [-0.25, -0.2) is 9.80 Å². The van der Waals surface area contributed by atoms with Gasteiger partial charge in [-0.15, -0.1) is 11.3 Å². The van der Waals surface area contributed by atoms with Gasteiger partial charge < -0.3 is 4.74 Å². The van der Waals surface area contributed by atoms with Crippen LogP contribution in [-0.2, 0) is 9.53 Å². The summed E-state index contributed by atoms with van der Waals surface area (Å²) in [6, 6.07) is 23.5. The Morgan fingerprint density at radius 2 is 1.79 bits per heavy atom. The van der Waals surface area contributed by atoms with Crippen molar-refractivity contribution in [1.29, 1.82) is 0 Å². The van der Waals surface area contributed by atoms with E-state index >= 15 is 0 Å². The second-order valence-electron chi connectivity index (χ2n) is 8.21. The van der Waals surface area contributed by atoms with Crippen molar-refractivity contribution in [2.45, 2.75) is 25.3 Å². The molecule has 1 aliphatic heterocycles. The van der Waals surface area contributed by atoms with Gasteiger partial charge in [0.05, 0.1) is 11.8 Å². The molecule has 3 aromatic rings. The van der Waals surface area contributed by atoms with E-state index in [1.807, 2.05) is 53.9 Å². The lowest BCUT2D eigenvalue weighted by atomic mass is 9.77. The Kier molecular flexibility index (Phi) is 6.17. The second-order valence-corrected chi connectivity index (χ2v) is 9.16. The fraction of sp³-hybridized carbons (Fsp3) is 0.222. The van der Waals surface area contributed by atoms with E-state index in [9.17, 15) is 9.59 Å². The monoisotopic (exact) mass is 456 g/mol. The first-order chi connectivity index (χ1) is 16.2. The molecular weight excluding hydrogens is 432 g/mol. The van der Waals surface area contributed by atoms with E-state index in [0.29, 0.717) is 4.88 Å². The molecule has 2 atom stereocenters. The van der Waals surface area contributed by atoms with Gasteiger partial charge in [0.15, 0.2) is 6.61 Å². The van der Waals surface area contributed by atoms with Crippen LogP contribution in [0.1, 0.15) is 46.1 Å². The first-order valence-electron chi connectivity index (χ1n) is 11.1. The molecule has 166 valence electrons. The van der Waals surface area contributed by atoms with Crippen molar-refractivity contribution in [3.63, 3.8) is 0 Å². The maximum absolute atomic E-state index is 13.2. The van der Waals surface area contributed by atoms with E-state index in [1.54, 1.807) is 17.1 Å². The molecule has 0 saturated heterocycles. The molecule has 33 heavy (non-hydrogen) atoms. The predicted molar refractivity (Wildman–Crippen MR) is 130 cm³/mol. The zero-order valence-electron chi connectivity index (χ0n) is 18.1. The van der Waals surface area contributed by atoms with E-state index in [4.69, 9.17) is 9.84 Å². The lowest BCUT2D eigenvalue weighted by Gasteiger charge is -2.29. The summed E-state index contributed by atoms with van der Waals surface area (Å²) in [6.45, 7) is -0.332. The molecule has 1 saturated carbocycles. The molecule has 0 N–H and O–H groups in total. The van der Waals surface area contributed by atoms with Crippen molar-refractivity contribution in [3.05, 3.63) is 99.8 Å².